The van der Waals surface area contributed by atoms with Gasteiger partial charge in [0.2, 0.25) is 0 Å². The van der Waals surface area contributed by atoms with Gasteiger partial charge in [-0.2, -0.15) is 0 Å². The van der Waals surface area contributed by atoms with Crippen molar-refractivity contribution in [1.82, 2.24) is 0 Å². The fourth-order valence-electron chi connectivity index (χ4n) is 8.26. The average molecular weight is 720 g/mol. The molecular formula is C52H33NOS. The molecule has 258 valence electrons. The molecule has 55 heavy (non-hydrogen) atoms. The van der Waals surface area contributed by atoms with Gasteiger partial charge in [0, 0.05) is 47.8 Å². The second-order valence-corrected chi connectivity index (χ2v) is 15.2. The largest absolute Gasteiger partial charge is 0.455 e. The average Bonchev–Trinajstić information content (AvgIpc) is 3.83. The predicted octanol–water partition coefficient (Wildman–Crippen LogP) is 15.6. The molecule has 0 saturated heterocycles. The Morgan fingerprint density at radius 1 is 0.382 bits per heavy atom. The molecule has 2 heterocycles. The molecular weight excluding hydrogens is 687 g/mol. The van der Waals surface area contributed by atoms with Crippen LogP contribution in [0.5, 0.6) is 0 Å². The van der Waals surface area contributed by atoms with Gasteiger partial charge in [-0.1, -0.05) is 152 Å². The van der Waals surface area contributed by atoms with E-state index in [0.29, 0.717) is 0 Å². The van der Waals surface area contributed by atoms with Crippen molar-refractivity contribution in [3.8, 4) is 33.4 Å². The second kappa shape index (κ2) is 12.9. The lowest BCUT2D eigenvalue weighted by atomic mass is 9.95. The number of fused-ring (bicyclic) bond motifs is 7. The molecule has 0 saturated carbocycles. The maximum atomic E-state index is 6.56. The first-order valence-electron chi connectivity index (χ1n) is 18.7. The molecule has 3 heteroatoms. The molecule has 9 aromatic carbocycles. The summed E-state index contributed by atoms with van der Waals surface area (Å²) in [6.45, 7) is 0. The highest BCUT2D eigenvalue weighted by molar-refractivity contribution is 7.26. The van der Waals surface area contributed by atoms with Gasteiger partial charge in [0.25, 0.3) is 0 Å². The van der Waals surface area contributed by atoms with Gasteiger partial charge in [0.15, 0.2) is 0 Å². The van der Waals surface area contributed by atoms with Gasteiger partial charge in [-0.15, -0.1) is 11.3 Å². The number of rotatable bonds is 6. The Balaban J connectivity index is 1.20. The monoisotopic (exact) mass is 719 g/mol. The van der Waals surface area contributed by atoms with Gasteiger partial charge in [-0.25, -0.2) is 0 Å². The SMILES string of the molecule is c1ccc(-c2ccc(-c3ccc4ccccc4c3)cc2N(c2cccc(-c3cccc4c3oc3ccccc34)c2)c2cccc3sc4ccccc4c23)cc1. The van der Waals surface area contributed by atoms with E-state index in [9.17, 15) is 0 Å². The fourth-order valence-corrected chi connectivity index (χ4v) is 9.39. The highest BCUT2D eigenvalue weighted by Gasteiger charge is 2.23. The summed E-state index contributed by atoms with van der Waals surface area (Å²) in [4.78, 5) is 2.48. The Morgan fingerprint density at radius 2 is 1.07 bits per heavy atom. The summed E-state index contributed by atoms with van der Waals surface area (Å²) in [5.74, 6) is 0. The van der Waals surface area contributed by atoms with E-state index in [-0.39, 0.29) is 0 Å². The molecule has 0 aliphatic carbocycles. The number of hydrogen-bond acceptors (Lipinski definition) is 3. The number of furan rings is 1. The van der Waals surface area contributed by atoms with Crippen molar-refractivity contribution in [2.24, 2.45) is 0 Å². The van der Waals surface area contributed by atoms with Gasteiger partial charge in [-0.05, 0) is 81.6 Å². The topological polar surface area (TPSA) is 16.4 Å². The maximum Gasteiger partial charge on any atom is 0.143 e. The van der Waals surface area contributed by atoms with Crippen LogP contribution in [0.4, 0.5) is 17.1 Å². The molecule has 0 aliphatic rings. The van der Waals surface area contributed by atoms with Crippen molar-refractivity contribution in [2.75, 3.05) is 4.90 Å². The molecule has 0 N–H and O–H groups in total. The van der Waals surface area contributed by atoms with Crippen molar-refractivity contribution in [3.05, 3.63) is 200 Å². The lowest BCUT2D eigenvalue weighted by Gasteiger charge is -2.30. The van der Waals surface area contributed by atoms with Crippen LogP contribution in [-0.2, 0) is 0 Å². The van der Waals surface area contributed by atoms with Crippen molar-refractivity contribution in [2.45, 2.75) is 0 Å². The summed E-state index contributed by atoms with van der Waals surface area (Å²) in [5, 5.41) is 7.24. The predicted molar refractivity (Wildman–Crippen MR) is 235 cm³/mol. The Morgan fingerprint density at radius 3 is 2.00 bits per heavy atom. The first-order valence-corrected chi connectivity index (χ1v) is 19.5. The molecule has 0 amide bonds. The van der Waals surface area contributed by atoms with E-state index in [1.807, 2.05) is 17.4 Å². The normalized spacial score (nSPS) is 11.6. The number of nitrogens with zero attached hydrogens (tertiary/aromatic N) is 1. The number of anilines is 3. The number of para-hydroxylation sites is 2. The van der Waals surface area contributed by atoms with Gasteiger partial charge >= 0.3 is 0 Å². The highest BCUT2D eigenvalue weighted by atomic mass is 32.1. The molecule has 11 aromatic rings. The third-order valence-corrected chi connectivity index (χ3v) is 12.0. The zero-order chi connectivity index (χ0) is 36.3. The van der Waals surface area contributed by atoms with Crippen molar-refractivity contribution in [1.29, 1.82) is 0 Å². The van der Waals surface area contributed by atoms with Crippen LogP contribution in [0.25, 0.3) is 86.3 Å². The van der Waals surface area contributed by atoms with E-state index < -0.39 is 0 Å². The van der Waals surface area contributed by atoms with E-state index in [2.05, 4.69) is 199 Å². The maximum absolute atomic E-state index is 6.56. The fraction of sp³-hybridized carbons (Fsp3) is 0. The third-order valence-electron chi connectivity index (χ3n) is 10.8. The standard InChI is InChI=1S/C52H33NOS/c1-2-14-35(15-3-1)41-30-29-38(37-28-27-34-13-4-5-16-36(34)31-37)33-47(41)53(46-23-12-26-50-51(46)45-20-7-9-25-49(45)55-50)40-18-10-17-39(32-40)42-21-11-22-44-43-19-6-8-24-48(43)54-52(42)44/h1-33H. The van der Waals surface area contributed by atoms with Gasteiger partial charge in [0.1, 0.15) is 11.2 Å². The smallest absolute Gasteiger partial charge is 0.143 e. The molecule has 2 nitrogen and oxygen atoms in total. The van der Waals surface area contributed by atoms with Crippen molar-refractivity contribution >= 4 is 81.3 Å². The molecule has 0 unspecified atom stereocenters. The van der Waals surface area contributed by atoms with Crippen molar-refractivity contribution in [3.63, 3.8) is 0 Å². The lowest BCUT2D eigenvalue weighted by Crippen LogP contribution is -2.12. The number of benzene rings is 9. The molecule has 0 aliphatic heterocycles. The first kappa shape index (κ1) is 31.6. The summed E-state index contributed by atoms with van der Waals surface area (Å²) in [6.07, 6.45) is 0. The van der Waals surface area contributed by atoms with Crippen LogP contribution in [0.3, 0.4) is 0 Å². The zero-order valence-electron chi connectivity index (χ0n) is 29.8. The Hall–Kier alpha value is -6.94. The Kier molecular flexibility index (Phi) is 7.39. The van der Waals surface area contributed by atoms with Crippen molar-refractivity contribution < 1.29 is 4.42 Å². The minimum Gasteiger partial charge on any atom is -0.455 e. The summed E-state index contributed by atoms with van der Waals surface area (Å²) in [5.41, 5.74) is 12.0. The van der Waals surface area contributed by atoms with Crippen LogP contribution < -0.4 is 4.90 Å². The van der Waals surface area contributed by atoms with Crippen LogP contribution in [0.1, 0.15) is 0 Å². The quantitative estimate of drug-likeness (QED) is 0.170. The Bertz CT molecular complexity index is 3230. The first-order chi connectivity index (χ1) is 27.3. The third kappa shape index (κ3) is 5.32. The van der Waals surface area contributed by atoms with Gasteiger partial charge in [0.05, 0.1) is 11.4 Å². The van der Waals surface area contributed by atoms with Crippen LogP contribution in [0, 0.1) is 0 Å². The molecule has 2 aromatic heterocycles. The number of thiophene rings is 1. The summed E-state index contributed by atoms with van der Waals surface area (Å²) in [6, 6.07) is 72.4. The molecule has 0 atom stereocenters. The van der Waals surface area contributed by atoms with E-state index in [0.717, 1.165) is 66.8 Å². The van der Waals surface area contributed by atoms with Crippen LogP contribution in [-0.4, -0.2) is 0 Å². The van der Waals surface area contributed by atoms with Crippen LogP contribution >= 0.6 is 11.3 Å². The highest BCUT2D eigenvalue weighted by Crippen LogP contribution is 2.49. The molecule has 0 bridgehead atoms. The summed E-state index contributed by atoms with van der Waals surface area (Å²) < 4.78 is 9.11. The van der Waals surface area contributed by atoms with E-state index >= 15 is 0 Å². The summed E-state index contributed by atoms with van der Waals surface area (Å²) in [7, 11) is 0. The van der Waals surface area contributed by atoms with Gasteiger partial charge in [-0.3, -0.25) is 0 Å². The second-order valence-electron chi connectivity index (χ2n) is 14.1. The van der Waals surface area contributed by atoms with Crippen LogP contribution in [0.2, 0.25) is 0 Å². The number of hydrogen-bond donors (Lipinski definition) is 0. The van der Waals surface area contributed by atoms with Gasteiger partial charge < -0.3 is 9.32 Å². The zero-order valence-corrected chi connectivity index (χ0v) is 30.6. The summed E-state index contributed by atoms with van der Waals surface area (Å²) >= 11 is 1.85. The minimum atomic E-state index is 0.900. The molecule has 11 rings (SSSR count). The van der Waals surface area contributed by atoms with E-state index in [4.69, 9.17) is 4.42 Å². The Labute approximate surface area is 322 Å². The lowest BCUT2D eigenvalue weighted by molar-refractivity contribution is 0.670. The minimum absolute atomic E-state index is 0.900. The van der Waals surface area contributed by atoms with Crippen LogP contribution in [0.15, 0.2) is 205 Å². The molecule has 0 spiro atoms. The molecule has 0 radical (unpaired) electrons. The van der Waals surface area contributed by atoms with E-state index in [1.165, 1.54) is 36.5 Å². The molecule has 0 fully saturated rings. The van der Waals surface area contributed by atoms with E-state index in [1.54, 1.807) is 0 Å².